The van der Waals surface area contributed by atoms with Gasteiger partial charge in [-0.2, -0.15) is 0 Å². The van der Waals surface area contributed by atoms with E-state index in [0.717, 1.165) is 24.0 Å². The lowest BCUT2D eigenvalue weighted by Gasteiger charge is -2.10. The fourth-order valence-corrected chi connectivity index (χ4v) is 3.06. The van der Waals surface area contributed by atoms with Crippen molar-refractivity contribution in [2.75, 3.05) is 4.72 Å². The molecule has 0 radical (unpaired) electrons. The molecule has 0 aliphatic carbocycles. The number of hydrogen-bond donors (Lipinski definition) is 1. The van der Waals surface area contributed by atoms with Gasteiger partial charge in [0.15, 0.2) is 0 Å². The predicted molar refractivity (Wildman–Crippen MR) is 75.0 cm³/mol. The van der Waals surface area contributed by atoms with Gasteiger partial charge >= 0.3 is 0 Å². The summed E-state index contributed by atoms with van der Waals surface area (Å²) in [5.74, 6) is 0.114. The number of aryl methyl sites for hydroxylation is 3. The van der Waals surface area contributed by atoms with Crippen molar-refractivity contribution in [3.05, 3.63) is 35.0 Å². The Balaban J connectivity index is 2.37. The van der Waals surface area contributed by atoms with Crippen LogP contribution >= 0.6 is 0 Å². The normalized spacial score (nSPS) is 11.6. The van der Waals surface area contributed by atoms with E-state index in [1.807, 2.05) is 19.9 Å². The van der Waals surface area contributed by atoms with E-state index >= 15 is 0 Å². The lowest BCUT2D eigenvalue weighted by Crippen LogP contribution is -2.14. The lowest BCUT2D eigenvalue weighted by molar-refractivity contribution is 0.306. The van der Waals surface area contributed by atoms with Gasteiger partial charge in [0.25, 0.3) is 10.0 Å². The first-order chi connectivity index (χ1) is 9.47. The Hall–Kier alpha value is -1.89. The maximum atomic E-state index is 12.3. The quantitative estimate of drug-likeness (QED) is 0.914. The van der Waals surface area contributed by atoms with Crippen LogP contribution in [-0.2, 0) is 22.9 Å². The van der Waals surface area contributed by atoms with Gasteiger partial charge in [0.05, 0.1) is 4.90 Å². The van der Waals surface area contributed by atoms with Crippen molar-refractivity contribution in [1.82, 2.24) is 10.3 Å². The topological polar surface area (TPSA) is 85.1 Å². The van der Waals surface area contributed by atoms with Crippen molar-refractivity contribution >= 4 is 15.8 Å². The molecule has 6 nitrogen and oxygen atoms in total. The molecule has 108 valence electrons. The summed E-state index contributed by atoms with van der Waals surface area (Å²) in [7, 11) is -3.68. The van der Waals surface area contributed by atoms with Gasteiger partial charge in [0.1, 0.15) is 5.69 Å². The maximum Gasteiger partial charge on any atom is 0.263 e. The molecule has 7 heteroatoms. The first-order valence-electron chi connectivity index (χ1n) is 6.41. The number of benzene rings is 1. The Morgan fingerprint density at radius 3 is 2.40 bits per heavy atom. The molecule has 20 heavy (non-hydrogen) atoms. The SMILES string of the molecule is CCc1ccc(S(=O)(=O)Nc2nonc2C)cc1CC. The largest absolute Gasteiger partial charge is 0.263 e. The molecule has 0 bridgehead atoms. The molecule has 0 fully saturated rings. The van der Waals surface area contributed by atoms with E-state index in [1.165, 1.54) is 0 Å². The monoisotopic (exact) mass is 295 g/mol. The molecule has 1 aromatic heterocycles. The summed E-state index contributed by atoms with van der Waals surface area (Å²) in [5.41, 5.74) is 2.59. The van der Waals surface area contributed by atoms with Gasteiger partial charge in [-0.15, -0.1) is 0 Å². The fourth-order valence-electron chi connectivity index (χ4n) is 1.95. The van der Waals surface area contributed by atoms with Crippen LogP contribution in [0.1, 0.15) is 30.7 Å². The molecule has 1 aromatic carbocycles. The van der Waals surface area contributed by atoms with Crippen LogP contribution in [0.15, 0.2) is 27.7 Å². The predicted octanol–water partition coefficient (Wildman–Crippen LogP) is 2.30. The summed E-state index contributed by atoms with van der Waals surface area (Å²) < 4.78 is 31.5. The number of aromatic nitrogens is 2. The minimum absolute atomic E-state index is 0.114. The highest BCUT2D eigenvalue weighted by atomic mass is 32.2. The molecule has 0 unspecified atom stereocenters. The molecular weight excluding hydrogens is 278 g/mol. The minimum Gasteiger partial charge on any atom is -0.259 e. The Labute approximate surface area is 118 Å². The molecule has 0 saturated carbocycles. The molecule has 0 aliphatic rings. The molecule has 0 atom stereocenters. The average Bonchev–Trinajstić information content (AvgIpc) is 2.82. The summed E-state index contributed by atoms with van der Waals surface area (Å²) in [5, 5.41) is 7.07. The van der Waals surface area contributed by atoms with Crippen LogP contribution < -0.4 is 4.72 Å². The third-order valence-corrected chi connectivity index (χ3v) is 4.47. The molecule has 0 saturated heterocycles. The van der Waals surface area contributed by atoms with Crippen LogP contribution in [0.2, 0.25) is 0 Å². The number of rotatable bonds is 5. The van der Waals surface area contributed by atoms with Crippen LogP contribution in [0.3, 0.4) is 0 Å². The Morgan fingerprint density at radius 2 is 1.85 bits per heavy atom. The van der Waals surface area contributed by atoms with Crippen LogP contribution in [0.25, 0.3) is 0 Å². The zero-order chi connectivity index (χ0) is 14.8. The van der Waals surface area contributed by atoms with Gasteiger partial charge in [0.2, 0.25) is 5.82 Å². The van der Waals surface area contributed by atoms with Crippen molar-refractivity contribution in [3.63, 3.8) is 0 Å². The third-order valence-electron chi connectivity index (χ3n) is 3.13. The number of anilines is 1. The lowest BCUT2D eigenvalue weighted by atomic mass is 10.0. The van der Waals surface area contributed by atoms with E-state index in [1.54, 1.807) is 19.1 Å². The van der Waals surface area contributed by atoms with Crippen molar-refractivity contribution in [3.8, 4) is 0 Å². The highest BCUT2D eigenvalue weighted by molar-refractivity contribution is 7.92. The minimum atomic E-state index is -3.68. The van der Waals surface area contributed by atoms with Gasteiger partial charge in [0, 0.05) is 0 Å². The molecule has 1 heterocycles. The van der Waals surface area contributed by atoms with Crippen LogP contribution in [0.4, 0.5) is 5.82 Å². The smallest absolute Gasteiger partial charge is 0.259 e. The zero-order valence-corrected chi connectivity index (χ0v) is 12.5. The van der Waals surface area contributed by atoms with Gasteiger partial charge in [-0.3, -0.25) is 4.72 Å². The van der Waals surface area contributed by atoms with Gasteiger partial charge in [-0.05, 0) is 48.2 Å². The molecule has 1 N–H and O–H groups in total. The molecule has 0 aliphatic heterocycles. The number of nitrogens with zero attached hydrogens (tertiary/aromatic N) is 2. The molecule has 2 rings (SSSR count). The van der Waals surface area contributed by atoms with E-state index in [-0.39, 0.29) is 10.7 Å². The Morgan fingerprint density at radius 1 is 1.15 bits per heavy atom. The van der Waals surface area contributed by atoms with Crippen LogP contribution in [0, 0.1) is 6.92 Å². The van der Waals surface area contributed by atoms with Crippen molar-refractivity contribution in [2.24, 2.45) is 0 Å². The van der Waals surface area contributed by atoms with Crippen molar-refractivity contribution in [1.29, 1.82) is 0 Å². The maximum absolute atomic E-state index is 12.3. The Kier molecular flexibility index (Phi) is 4.08. The van der Waals surface area contributed by atoms with Crippen LogP contribution in [-0.4, -0.2) is 18.7 Å². The van der Waals surface area contributed by atoms with Crippen LogP contribution in [0.5, 0.6) is 0 Å². The second kappa shape index (κ2) is 5.62. The Bertz CT molecular complexity index is 707. The summed E-state index contributed by atoms with van der Waals surface area (Å²) in [6, 6.07) is 5.15. The van der Waals surface area contributed by atoms with Gasteiger partial charge in [-0.1, -0.05) is 25.1 Å². The van der Waals surface area contributed by atoms with Gasteiger partial charge in [-0.25, -0.2) is 13.0 Å². The molecule has 0 spiro atoms. The molecular formula is C13H17N3O3S. The van der Waals surface area contributed by atoms with E-state index in [0.29, 0.717) is 5.69 Å². The summed E-state index contributed by atoms with van der Waals surface area (Å²) in [6.07, 6.45) is 1.67. The molecule has 0 amide bonds. The standard InChI is InChI=1S/C13H17N3O3S/c1-4-10-6-7-12(8-11(10)5-2)20(17,18)16-13-9(3)14-19-15-13/h6-8H,4-5H2,1-3H3,(H,15,16). The zero-order valence-electron chi connectivity index (χ0n) is 11.7. The summed E-state index contributed by atoms with van der Waals surface area (Å²) in [6.45, 7) is 5.67. The van der Waals surface area contributed by atoms with Crippen molar-refractivity contribution in [2.45, 2.75) is 38.5 Å². The second-order valence-electron chi connectivity index (χ2n) is 4.44. The van der Waals surface area contributed by atoms with Crippen molar-refractivity contribution < 1.29 is 13.0 Å². The van der Waals surface area contributed by atoms with E-state index in [9.17, 15) is 8.42 Å². The number of hydrogen-bond acceptors (Lipinski definition) is 5. The number of nitrogens with one attached hydrogen (secondary N) is 1. The average molecular weight is 295 g/mol. The summed E-state index contributed by atoms with van der Waals surface area (Å²) >= 11 is 0. The first-order valence-corrected chi connectivity index (χ1v) is 7.90. The second-order valence-corrected chi connectivity index (χ2v) is 6.12. The van der Waals surface area contributed by atoms with E-state index < -0.39 is 10.0 Å². The van der Waals surface area contributed by atoms with E-state index in [2.05, 4.69) is 19.7 Å². The third kappa shape index (κ3) is 2.82. The molecule has 2 aromatic rings. The highest BCUT2D eigenvalue weighted by Crippen LogP contribution is 2.20. The highest BCUT2D eigenvalue weighted by Gasteiger charge is 2.19. The first kappa shape index (κ1) is 14.5. The van der Waals surface area contributed by atoms with Gasteiger partial charge < -0.3 is 0 Å². The fraction of sp³-hybridized carbons (Fsp3) is 0.385. The summed E-state index contributed by atoms with van der Waals surface area (Å²) in [4.78, 5) is 0.217. The number of sulfonamides is 1. The van der Waals surface area contributed by atoms with E-state index in [4.69, 9.17) is 0 Å².